The van der Waals surface area contributed by atoms with Gasteiger partial charge >= 0.3 is 0 Å². The number of piperazine rings is 1. The topological polar surface area (TPSA) is 61.9 Å². The number of nitrogens with zero attached hydrogens (tertiary/aromatic N) is 2. The van der Waals surface area contributed by atoms with Crippen LogP contribution in [0.4, 0.5) is 0 Å². The fourth-order valence-electron chi connectivity index (χ4n) is 3.57. The third kappa shape index (κ3) is 4.91. The first-order valence-corrected chi connectivity index (χ1v) is 8.84. The van der Waals surface area contributed by atoms with Crippen molar-refractivity contribution in [2.75, 3.05) is 39.9 Å². The number of carbonyl (C=O) groups excluding carboxylic acids is 2. The van der Waals surface area contributed by atoms with Crippen LogP contribution in [0, 0.1) is 5.92 Å². The molecule has 1 aliphatic heterocycles. The van der Waals surface area contributed by atoms with E-state index in [2.05, 4.69) is 17.1 Å². The van der Waals surface area contributed by atoms with Gasteiger partial charge in [-0.15, -0.1) is 0 Å². The second kappa shape index (κ2) is 8.64. The van der Waals surface area contributed by atoms with Gasteiger partial charge in [0.25, 0.3) is 0 Å². The van der Waals surface area contributed by atoms with Gasteiger partial charge in [-0.2, -0.15) is 0 Å². The zero-order valence-electron chi connectivity index (χ0n) is 14.7. The van der Waals surface area contributed by atoms with Crippen LogP contribution in [0.25, 0.3) is 0 Å². The maximum atomic E-state index is 12.5. The molecule has 132 valence electrons. The van der Waals surface area contributed by atoms with Crippen molar-refractivity contribution in [2.45, 2.75) is 51.6 Å². The quantitative estimate of drug-likeness (QED) is 0.814. The highest BCUT2D eigenvalue weighted by molar-refractivity contribution is 5.81. The van der Waals surface area contributed by atoms with Gasteiger partial charge in [-0.05, 0) is 25.7 Å². The summed E-state index contributed by atoms with van der Waals surface area (Å²) in [6.45, 7) is 7.15. The Labute approximate surface area is 139 Å². The highest BCUT2D eigenvalue weighted by atomic mass is 16.5. The highest BCUT2D eigenvalue weighted by Crippen LogP contribution is 2.24. The molecule has 0 aromatic heterocycles. The Bertz CT molecular complexity index is 408. The smallest absolute Gasteiger partial charge is 0.248 e. The van der Waals surface area contributed by atoms with E-state index in [1.165, 1.54) is 26.4 Å². The normalized spacial score (nSPS) is 27.5. The van der Waals surface area contributed by atoms with Gasteiger partial charge in [-0.1, -0.05) is 19.8 Å². The molecule has 1 heterocycles. The second-order valence-electron chi connectivity index (χ2n) is 6.90. The summed E-state index contributed by atoms with van der Waals surface area (Å²) < 4.78 is 4.90. The Kier molecular flexibility index (Phi) is 6.84. The van der Waals surface area contributed by atoms with E-state index in [1.807, 2.05) is 11.8 Å². The maximum absolute atomic E-state index is 12.5. The van der Waals surface area contributed by atoms with Crippen LogP contribution in [0.5, 0.6) is 0 Å². The molecule has 2 rings (SSSR count). The molecule has 0 aromatic carbocycles. The van der Waals surface area contributed by atoms with E-state index in [4.69, 9.17) is 4.74 Å². The summed E-state index contributed by atoms with van der Waals surface area (Å²) in [5.41, 5.74) is 0. The average Bonchev–Trinajstić information content (AvgIpc) is 2.56. The van der Waals surface area contributed by atoms with Crippen LogP contribution >= 0.6 is 0 Å². The first kappa shape index (κ1) is 18.2. The van der Waals surface area contributed by atoms with E-state index in [0.717, 1.165) is 19.5 Å². The molecule has 2 aliphatic rings. The van der Waals surface area contributed by atoms with E-state index in [1.54, 1.807) is 0 Å². The predicted molar refractivity (Wildman–Crippen MR) is 89.1 cm³/mol. The number of nitrogens with one attached hydrogen (secondary N) is 1. The molecule has 1 saturated carbocycles. The lowest BCUT2D eigenvalue weighted by Crippen LogP contribution is -2.56. The van der Waals surface area contributed by atoms with Crippen molar-refractivity contribution in [3.63, 3.8) is 0 Å². The number of hydrogen-bond acceptors (Lipinski definition) is 4. The molecule has 0 radical (unpaired) electrons. The molecule has 6 nitrogen and oxygen atoms in total. The molecule has 3 unspecified atom stereocenters. The molecule has 1 N–H and O–H groups in total. The predicted octanol–water partition coefficient (Wildman–Crippen LogP) is 0.860. The largest absolute Gasteiger partial charge is 0.375 e. The number of hydrogen-bond donors (Lipinski definition) is 1. The Morgan fingerprint density at radius 1 is 1.17 bits per heavy atom. The van der Waals surface area contributed by atoms with Crippen molar-refractivity contribution >= 4 is 11.8 Å². The van der Waals surface area contributed by atoms with Crippen LogP contribution in [0.1, 0.15) is 39.5 Å². The Balaban J connectivity index is 1.78. The summed E-state index contributed by atoms with van der Waals surface area (Å²) in [5, 5.41) is 3.24. The van der Waals surface area contributed by atoms with Gasteiger partial charge in [-0.25, -0.2) is 0 Å². The zero-order chi connectivity index (χ0) is 16.8. The van der Waals surface area contributed by atoms with Crippen LogP contribution < -0.4 is 5.32 Å². The van der Waals surface area contributed by atoms with Crippen molar-refractivity contribution in [3.8, 4) is 0 Å². The van der Waals surface area contributed by atoms with Crippen LogP contribution in [0.2, 0.25) is 0 Å². The minimum absolute atomic E-state index is 0.0280. The Morgan fingerprint density at radius 3 is 2.43 bits per heavy atom. The lowest BCUT2D eigenvalue weighted by Gasteiger charge is -2.38. The van der Waals surface area contributed by atoms with Crippen molar-refractivity contribution in [1.29, 1.82) is 0 Å². The van der Waals surface area contributed by atoms with Crippen LogP contribution in [-0.2, 0) is 14.3 Å². The second-order valence-corrected chi connectivity index (χ2v) is 6.90. The third-order valence-electron chi connectivity index (χ3n) is 5.30. The lowest BCUT2D eigenvalue weighted by molar-refractivity contribution is -0.137. The van der Waals surface area contributed by atoms with Gasteiger partial charge in [0, 0.05) is 39.3 Å². The van der Waals surface area contributed by atoms with Crippen molar-refractivity contribution in [1.82, 2.24) is 15.1 Å². The zero-order valence-corrected chi connectivity index (χ0v) is 14.7. The van der Waals surface area contributed by atoms with Crippen LogP contribution in [-0.4, -0.2) is 73.6 Å². The standard InChI is InChI=1S/C17H31N3O3/c1-13-6-4-5-7-15(13)18-17(22)14(2)19-8-10-20(11-9-19)16(21)12-23-3/h13-15H,4-12H2,1-3H3,(H,18,22). The number of carbonyl (C=O) groups is 2. The van der Waals surface area contributed by atoms with E-state index in [0.29, 0.717) is 25.0 Å². The number of methoxy groups -OCH3 is 1. The van der Waals surface area contributed by atoms with Crippen LogP contribution in [0.15, 0.2) is 0 Å². The average molecular weight is 325 g/mol. The molecular weight excluding hydrogens is 294 g/mol. The number of ether oxygens (including phenoxy) is 1. The van der Waals surface area contributed by atoms with Gasteiger partial charge in [0.15, 0.2) is 0 Å². The first-order valence-electron chi connectivity index (χ1n) is 8.84. The third-order valence-corrected chi connectivity index (χ3v) is 5.30. The van der Waals surface area contributed by atoms with E-state index in [9.17, 15) is 9.59 Å². The van der Waals surface area contributed by atoms with E-state index < -0.39 is 0 Å². The van der Waals surface area contributed by atoms with Crippen molar-refractivity contribution in [3.05, 3.63) is 0 Å². The van der Waals surface area contributed by atoms with Crippen molar-refractivity contribution in [2.24, 2.45) is 5.92 Å². The molecule has 3 atom stereocenters. The summed E-state index contributed by atoms with van der Waals surface area (Å²) >= 11 is 0. The summed E-state index contributed by atoms with van der Waals surface area (Å²) in [6, 6.07) is 0.187. The summed E-state index contributed by atoms with van der Waals surface area (Å²) in [7, 11) is 1.53. The first-order chi connectivity index (χ1) is 11.0. The molecule has 1 saturated heterocycles. The van der Waals surface area contributed by atoms with Gasteiger partial charge in [0.1, 0.15) is 6.61 Å². The van der Waals surface area contributed by atoms with Gasteiger partial charge in [0.05, 0.1) is 6.04 Å². The molecule has 1 aliphatic carbocycles. The maximum Gasteiger partial charge on any atom is 0.248 e. The molecule has 2 amide bonds. The number of amides is 2. The molecular formula is C17H31N3O3. The van der Waals surface area contributed by atoms with Crippen molar-refractivity contribution < 1.29 is 14.3 Å². The van der Waals surface area contributed by atoms with E-state index >= 15 is 0 Å². The minimum Gasteiger partial charge on any atom is -0.375 e. The SMILES string of the molecule is COCC(=O)N1CCN(C(C)C(=O)NC2CCCCC2C)CC1. The number of rotatable bonds is 5. The fraction of sp³-hybridized carbons (Fsp3) is 0.882. The van der Waals surface area contributed by atoms with Gasteiger partial charge < -0.3 is 15.0 Å². The molecule has 6 heteroatoms. The minimum atomic E-state index is -0.135. The molecule has 0 spiro atoms. The van der Waals surface area contributed by atoms with Gasteiger partial charge in [-0.3, -0.25) is 14.5 Å². The molecule has 0 aromatic rings. The molecule has 2 fully saturated rings. The van der Waals surface area contributed by atoms with Crippen LogP contribution in [0.3, 0.4) is 0 Å². The molecule has 0 bridgehead atoms. The summed E-state index contributed by atoms with van der Waals surface area (Å²) in [6.07, 6.45) is 4.79. The highest BCUT2D eigenvalue weighted by Gasteiger charge is 2.30. The Morgan fingerprint density at radius 2 is 1.83 bits per heavy atom. The Hall–Kier alpha value is -1.14. The lowest BCUT2D eigenvalue weighted by atomic mass is 9.86. The molecule has 23 heavy (non-hydrogen) atoms. The fourth-order valence-corrected chi connectivity index (χ4v) is 3.57. The summed E-state index contributed by atoms with van der Waals surface area (Å²) in [5.74, 6) is 0.726. The monoisotopic (exact) mass is 325 g/mol. The summed E-state index contributed by atoms with van der Waals surface area (Å²) in [4.78, 5) is 28.3. The van der Waals surface area contributed by atoms with E-state index in [-0.39, 0.29) is 24.5 Å². The van der Waals surface area contributed by atoms with Gasteiger partial charge in [0.2, 0.25) is 11.8 Å².